The van der Waals surface area contributed by atoms with Gasteiger partial charge in [-0.3, -0.25) is 0 Å². The van der Waals surface area contributed by atoms with Crippen LogP contribution in [0, 0.1) is 0 Å². The lowest BCUT2D eigenvalue weighted by molar-refractivity contribution is 0.685. The van der Waals surface area contributed by atoms with E-state index in [0.29, 0.717) is 0 Å². The quantitative estimate of drug-likeness (QED) is 0.145. The van der Waals surface area contributed by atoms with E-state index in [0.717, 1.165) is 0 Å². The maximum Gasteiger partial charge on any atom is -0.344 e. The summed E-state index contributed by atoms with van der Waals surface area (Å²) < 4.78 is 0. The van der Waals surface area contributed by atoms with Gasteiger partial charge in [-0.1, -0.05) is 0 Å². The minimum Gasteiger partial charge on any atom is -2.00 e. The molecule has 0 aliphatic carbocycles. The van der Waals surface area contributed by atoms with E-state index in [1.54, 1.807) is 0 Å². The zero-order chi connectivity index (χ0) is 0. The standard InChI is InChI=1S/6H3N.24H2O.8O/h6*1H3;24*1H2;;;;;;;;/q;;;;;;;;;;;;;;;;;;;;;;;;;;;;;;8*-2/p-23. The van der Waals surface area contributed by atoms with Gasteiger partial charge in [0, 0.05) is 0 Å². The van der Waals surface area contributed by atoms with Gasteiger partial charge in [-0.25, -0.2) is 0 Å². The van der Waals surface area contributed by atoms with Crippen LogP contribution in [0.5, 0.6) is 0 Å². The molecule has 0 aromatic heterocycles. The molecule has 43 N–H and O–H groups in total. The number of hydrogen-bond acceptors (Lipinski definition) is 29. The van der Waals surface area contributed by atoms with Crippen LogP contribution in [0.1, 0.15) is 0 Å². The van der Waals surface area contributed by atoms with Crippen LogP contribution in [0.25, 0.3) is 0 Å². The molecule has 0 rings (SSSR count). The van der Waals surface area contributed by atoms with E-state index in [2.05, 4.69) is 0 Å². The Kier molecular flexibility index (Phi) is 9550000. The Bertz CT molecular complexity index is 23.9. The summed E-state index contributed by atoms with van der Waals surface area (Å²) in [6, 6.07) is 0. The van der Waals surface area contributed by atoms with Gasteiger partial charge in [0.1, 0.15) is 0 Å². The van der Waals surface area contributed by atoms with Crippen LogP contribution in [0.2, 0.25) is 0 Å². The summed E-state index contributed by atoms with van der Waals surface area (Å²) >= 11 is 0. The van der Waals surface area contributed by atoms with E-state index >= 15 is 0 Å². The van der Waals surface area contributed by atoms with Gasteiger partial charge >= 0.3 is 0 Å². The molecule has 0 bridgehead atoms. The molecule has 38 heavy (non-hydrogen) atoms. The summed E-state index contributed by atoms with van der Waals surface area (Å²) in [7, 11) is 0. The van der Waals surface area contributed by atoms with Crippen molar-refractivity contribution in [2.24, 2.45) is 0 Å². The van der Waals surface area contributed by atoms with E-state index in [4.69, 9.17) is 0 Å². The van der Waals surface area contributed by atoms with Crippen molar-refractivity contribution in [3.63, 3.8) is 0 Å². The molecule has 38 nitrogen and oxygen atoms in total. The minimum atomic E-state index is 0. The van der Waals surface area contributed by atoms with Crippen molar-refractivity contribution in [2.75, 3.05) is 0 Å². The van der Waals surface area contributed by atoms with Gasteiger partial charge in [0.25, 0.3) is 0 Å². The van der Waals surface area contributed by atoms with Gasteiger partial charge in [0.15, 0.2) is 0 Å². The molecule has 304 valence electrons. The Morgan fingerprint density at radius 3 is 0.105 bits per heavy atom. The molecule has 0 heterocycles. The molecule has 0 amide bonds. The molecule has 0 aliphatic heterocycles. The van der Waals surface area contributed by atoms with Crippen molar-refractivity contribution in [1.29, 1.82) is 0 Å². The van der Waals surface area contributed by atoms with Gasteiger partial charge in [-0.05, 0) is 0 Å². The summed E-state index contributed by atoms with van der Waals surface area (Å²) in [5.74, 6) is 0. The van der Waals surface area contributed by atoms with Crippen LogP contribution in [0.3, 0.4) is 0 Å². The molecule has 0 radical (unpaired) electrons. The topological polar surface area (TPSA) is 1160 Å². The Balaban J connectivity index is 0. The highest BCUT2D eigenvalue weighted by Crippen LogP contribution is -0.110. The molecule has 0 aliphatic rings. The first-order valence-electron chi connectivity index (χ1n) is 0. The normalized spacial score (nSPS) is 0. The third-order valence-electron chi connectivity index (χ3n) is 0. The van der Waals surface area contributed by atoms with Gasteiger partial charge in [0.05, 0.1) is 0 Å². The minimum absolute atomic E-state index is 0. The third kappa shape index (κ3) is 16700. The number of rotatable bonds is 0. The Morgan fingerprint density at radius 2 is 0.105 bits per heavy atom. The second-order valence-corrected chi connectivity index (χ2v) is 0. The van der Waals surface area contributed by atoms with Crippen LogP contribution >= 0.6 is 0 Å². The van der Waals surface area contributed by atoms with Gasteiger partial charge in [-0.2, -0.15) is 0 Å². The van der Waals surface area contributed by atoms with Gasteiger partial charge < -0.3 is 212 Å². The lowest BCUT2D eigenvalue weighted by Crippen LogP contribution is -0.482. The van der Waals surface area contributed by atoms with E-state index in [9.17, 15) is 0 Å². The molecule has 0 saturated heterocycles. The lowest BCUT2D eigenvalue weighted by atomic mass is 14.0. The van der Waals surface area contributed by atoms with Gasteiger partial charge in [0.2, 0.25) is 0 Å². The molecule has 0 unspecified atom stereocenters. The molecule has 0 atom stereocenters. The van der Waals surface area contributed by atoms with Crippen LogP contribution < -0.4 is 36.9 Å². The predicted octanol–water partition coefficient (Wildman–Crippen LogP) is -4.87. The average molecular weight is 639 g/mol. The molecular weight excluding hydrogens is 596 g/mol. The second-order valence-electron chi connectivity index (χ2n) is 0. The Labute approximate surface area is 214 Å². The zero-order valence-electron chi connectivity index (χ0n) is 18.3. The highest BCUT2D eigenvalue weighted by molar-refractivity contribution is 2.14. The summed E-state index contributed by atoms with van der Waals surface area (Å²) in [6.07, 6.45) is 0. The fourth-order valence-corrected chi connectivity index (χ4v) is 0. The van der Waals surface area contributed by atoms with E-state index < -0.39 is 0 Å². The smallest absolute Gasteiger partial charge is 0.344 e. The fraction of sp³-hybridized carbons (Fsp3) is 0. The fourth-order valence-electron chi connectivity index (χ4n) is 0. The molecular formula is H43N6O32-39. The maximum atomic E-state index is 0. The Hall–Kier alpha value is -1.52. The predicted molar refractivity (Wildman–Crippen MR) is 83.8 cm³/mol. The third-order valence-corrected chi connectivity index (χ3v) is 0. The summed E-state index contributed by atoms with van der Waals surface area (Å²) in [4.78, 5) is 0. The molecule has 0 fully saturated rings. The SMILES string of the molecule is N.N.N.N.N.N.O.[O-2].[O-2].[O-2].[O-2].[O-2].[O-2].[O-2].[O-2].[OH-].[OH-].[OH-].[OH-].[OH-].[OH-].[OH-].[OH-].[OH-].[OH-].[OH-].[OH-].[OH-].[OH-].[OH-].[OH-].[OH-].[OH-].[OH-].[OH-].[OH-].[OH-].[OH-]. The summed E-state index contributed by atoms with van der Waals surface area (Å²) in [5, 5.41) is 0. The van der Waals surface area contributed by atoms with Crippen LogP contribution in [-0.4, -0.2) is 131 Å². The molecule has 0 saturated carbocycles. The molecule has 0 spiro atoms. The Morgan fingerprint density at radius 1 is 0.105 bits per heavy atom. The van der Waals surface area contributed by atoms with Crippen molar-refractivity contribution < 1.29 is 175 Å². The number of hydrogen-bond donors (Lipinski definition) is 6. The first kappa shape index (κ1) is 19900. The van der Waals surface area contributed by atoms with Crippen molar-refractivity contribution >= 4 is 0 Å². The maximum absolute atomic E-state index is 0. The first-order chi connectivity index (χ1) is 0. The van der Waals surface area contributed by atoms with Gasteiger partial charge in [-0.15, -0.1) is 0 Å². The van der Waals surface area contributed by atoms with Crippen LogP contribution in [0.4, 0.5) is 0 Å². The highest BCUT2D eigenvalue weighted by Gasteiger charge is -0.339. The van der Waals surface area contributed by atoms with Crippen molar-refractivity contribution in [3.05, 3.63) is 0 Å². The summed E-state index contributed by atoms with van der Waals surface area (Å²) in [6.45, 7) is 0. The largest absolute Gasteiger partial charge is 2.00 e. The first-order valence-corrected chi connectivity index (χ1v) is 0. The van der Waals surface area contributed by atoms with Crippen LogP contribution in [0.15, 0.2) is 0 Å². The molecule has 0 aromatic rings. The highest BCUT2D eigenvalue weighted by atomic mass is 16.0. The van der Waals surface area contributed by atoms with Crippen molar-refractivity contribution in [2.45, 2.75) is 0 Å². The van der Waals surface area contributed by atoms with E-state index in [-0.39, 0.29) is 212 Å². The van der Waals surface area contributed by atoms with Crippen molar-refractivity contribution in [1.82, 2.24) is 36.9 Å². The van der Waals surface area contributed by atoms with Crippen LogP contribution in [-0.2, 0) is 43.8 Å². The molecule has 38 heteroatoms. The van der Waals surface area contributed by atoms with E-state index in [1.165, 1.54) is 0 Å². The summed E-state index contributed by atoms with van der Waals surface area (Å²) in [5.41, 5.74) is 0. The monoisotopic (exact) mass is 639 g/mol. The van der Waals surface area contributed by atoms with Crippen molar-refractivity contribution in [3.8, 4) is 0 Å². The molecule has 0 aromatic carbocycles. The van der Waals surface area contributed by atoms with E-state index in [1.807, 2.05) is 0 Å². The zero-order valence-corrected chi connectivity index (χ0v) is 18.3. The lowest BCUT2D eigenvalue weighted by Gasteiger charge is -2.00. The second kappa shape index (κ2) is 18300. The average Bonchev–Trinajstić information content (AvgIpc) is 0.